The van der Waals surface area contributed by atoms with Crippen LogP contribution in [0.1, 0.15) is 22.3 Å². The molecule has 1 aliphatic rings. The minimum atomic E-state index is -0.397. The van der Waals surface area contributed by atoms with Crippen LogP contribution in [0.2, 0.25) is 0 Å². The predicted molar refractivity (Wildman–Crippen MR) is 86.2 cm³/mol. The number of amides is 2. The lowest BCUT2D eigenvalue weighted by atomic mass is 10.1. The van der Waals surface area contributed by atoms with E-state index in [1.54, 1.807) is 36.3 Å². The van der Waals surface area contributed by atoms with Gasteiger partial charge in [0, 0.05) is 33.2 Å². The molecule has 0 radical (unpaired) electrons. The van der Waals surface area contributed by atoms with Crippen molar-refractivity contribution in [1.82, 2.24) is 10.2 Å². The normalized spacial score (nSPS) is 17.0. The van der Waals surface area contributed by atoms with Gasteiger partial charge < -0.3 is 19.7 Å². The first-order chi connectivity index (χ1) is 11.5. The monoisotopic (exact) mass is 334 g/mol. The van der Waals surface area contributed by atoms with Crippen molar-refractivity contribution in [2.75, 3.05) is 33.9 Å². The van der Waals surface area contributed by atoms with E-state index in [2.05, 4.69) is 10.1 Å². The molecule has 0 aliphatic carbocycles. The van der Waals surface area contributed by atoms with Gasteiger partial charge in [0.1, 0.15) is 0 Å². The van der Waals surface area contributed by atoms with Gasteiger partial charge in [-0.2, -0.15) is 0 Å². The number of hydrogen-bond acceptors (Lipinski definition) is 5. The van der Waals surface area contributed by atoms with Gasteiger partial charge in [-0.15, -0.1) is 0 Å². The average molecular weight is 334 g/mol. The van der Waals surface area contributed by atoms with E-state index in [4.69, 9.17) is 4.74 Å². The number of nitrogens with zero attached hydrogens (tertiary/aromatic N) is 1. The van der Waals surface area contributed by atoms with E-state index in [1.807, 2.05) is 0 Å². The summed E-state index contributed by atoms with van der Waals surface area (Å²) in [5, 5.41) is 2.84. The van der Waals surface area contributed by atoms with Crippen molar-refractivity contribution in [2.45, 2.75) is 13.0 Å². The van der Waals surface area contributed by atoms with Crippen LogP contribution in [0.5, 0.6) is 0 Å². The Morgan fingerprint density at radius 3 is 2.58 bits per heavy atom. The Kier molecular flexibility index (Phi) is 6.31. The molecule has 130 valence electrons. The largest absolute Gasteiger partial charge is 0.465 e. The molecule has 0 bridgehead atoms. The number of hydrogen-bond donors (Lipinski definition) is 1. The van der Waals surface area contributed by atoms with Crippen LogP contribution in [0.3, 0.4) is 0 Å². The molecule has 2 rings (SSSR count). The lowest BCUT2D eigenvalue weighted by Crippen LogP contribution is -2.33. The molecule has 7 heteroatoms. The Morgan fingerprint density at radius 2 is 1.96 bits per heavy atom. The molecule has 1 fully saturated rings. The van der Waals surface area contributed by atoms with Crippen LogP contribution >= 0.6 is 0 Å². The molecule has 0 aromatic heterocycles. The molecule has 1 atom stereocenters. The van der Waals surface area contributed by atoms with E-state index in [9.17, 15) is 14.4 Å². The summed E-state index contributed by atoms with van der Waals surface area (Å²) in [5.41, 5.74) is 1.33. The second-order valence-corrected chi connectivity index (χ2v) is 5.64. The predicted octanol–water partition coefficient (Wildman–Crippen LogP) is 0.584. The highest BCUT2D eigenvalue weighted by atomic mass is 16.5. The van der Waals surface area contributed by atoms with Crippen molar-refractivity contribution in [3.05, 3.63) is 35.4 Å². The third-order valence-corrected chi connectivity index (χ3v) is 3.99. The summed E-state index contributed by atoms with van der Waals surface area (Å²) < 4.78 is 9.60. The van der Waals surface area contributed by atoms with Crippen LogP contribution in [-0.2, 0) is 25.6 Å². The highest BCUT2D eigenvalue weighted by Gasteiger charge is 2.33. The first-order valence-electron chi connectivity index (χ1n) is 7.76. The summed E-state index contributed by atoms with van der Waals surface area (Å²) in [6.45, 7) is 1.75. The van der Waals surface area contributed by atoms with Gasteiger partial charge in [-0.25, -0.2) is 4.79 Å². The van der Waals surface area contributed by atoms with Crippen molar-refractivity contribution in [3.63, 3.8) is 0 Å². The fraction of sp³-hybridized carbons (Fsp3) is 0.471. The number of carbonyl (C=O) groups excluding carboxylic acids is 3. The first-order valence-corrected chi connectivity index (χ1v) is 7.76. The van der Waals surface area contributed by atoms with E-state index in [0.717, 1.165) is 5.56 Å². The molecule has 1 heterocycles. The second-order valence-electron chi connectivity index (χ2n) is 5.64. The average Bonchev–Trinajstić information content (AvgIpc) is 2.98. The maximum atomic E-state index is 12.2. The Balaban J connectivity index is 1.83. The minimum absolute atomic E-state index is 0.0189. The number of ether oxygens (including phenoxy) is 2. The SMILES string of the molecule is COCCN1CC(C(=O)NCc2ccc(C(=O)OC)cc2)CC1=O. The van der Waals surface area contributed by atoms with Gasteiger partial charge in [-0.3, -0.25) is 9.59 Å². The van der Waals surface area contributed by atoms with Gasteiger partial charge in [0.2, 0.25) is 11.8 Å². The van der Waals surface area contributed by atoms with Crippen LogP contribution in [0.15, 0.2) is 24.3 Å². The minimum Gasteiger partial charge on any atom is -0.465 e. The topological polar surface area (TPSA) is 84.9 Å². The zero-order valence-electron chi connectivity index (χ0n) is 13.9. The zero-order chi connectivity index (χ0) is 17.5. The van der Waals surface area contributed by atoms with Gasteiger partial charge in [0.15, 0.2) is 0 Å². The van der Waals surface area contributed by atoms with E-state index in [1.165, 1.54) is 7.11 Å². The third-order valence-electron chi connectivity index (χ3n) is 3.99. The van der Waals surface area contributed by atoms with Gasteiger partial charge in [-0.1, -0.05) is 12.1 Å². The second kappa shape index (κ2) is 8.44. The molecule has 0 spiro atoms. The fourth-order valence-corrected chi connectivity index (χ4v) is 2.58. The number of esters is 1. The molecule has 1 N–H and O–H groups in total. The van der Waals surface area contributed by atoms with E-state index < -0.39 is 5.97 Å². The van der Waals surface area contributed by atoms with Crippen molar-refractivity contribution >= 4 is 17.8 Å². The van der Waals surface area contributed by atoms with Gasteiger partial charge in [0.25, 0.3) is 0 Å². The number of nitrogens with one attached hydrogen (secondary N) is 1. The van der Waals surface area contributed by atoms with Crippen molar-refractivity contribution in [1.29, 1.82) is 0 Å². The fourth-order valence-electron chi connectivity index (χ4n) is 2.58. The first kappa shape index (κ1) is 17.9. The highest BCUT2D eigenvalue weighted by Crippen LogP contribution is 2.17. The lowest BCUT2D eigenvalue weighted by Gasteiger charge is -2.15. The van der Waals surface area contributed by atoms with Gasteiger partial charge in [-0.05, 0) is 17.7 Å². The van der Waals surface area contributed by atoms with Crippen molar-refractivity contribution in [2.24, 2.45) is 5.92 Å². The number of methoxy groups -OCH3 is 2. The standard InChI is InChI=1S/C17H22N2O5/c1-23-8-7-19-11-14(9-15(19)20)16(21)18-10-12-3-5-13(6-4-12)17(22)24-2/h3-6,14H,7-11H2,1-2H3,(H,18,21). The van der Waals surface area contributed by atoms with Gasteiger partial charge >= 0.3 is 5.97 Å². The van der Waals surface area contributed by atoms with Crippen molar-refractivity contribution < 1.29 is 23.9 Å². The lowest BCUT2D eigenvalue weighted by molar-refractivity contribution is -0.129. The maximum absolute atomic E-state index is 12.2. The molecular formula is C17H22N2O5. The number of rotatable bonds is 7. The van der Waals surface area contributed by atoms with E-state index in [0.29, 0.717) is 31.8 Å². The maximum Gasteiger partial charge on any atom is 0.337 e. The Bertz CT molecular complexity index is 600. The Hall–Kier alpha value is -2.41. The number of carbonyl (C=O) groups is 3. The van der Waals surface area contributed by atoms with E-state index >= 15 is 0 Å². The molecule has 1 aliphatic heterocycles. The number of likely N-dealkylation sites (tertiary alicyclic amines) is 1. The van der Waals surface area contributed by atoms with Crippen LogP contribution in [0.4, 0.5) is 0 Å². The molecule has 2 amide bonds. The van der Waals surface area contributed by atoms with E-state index in [-0.39, 0.29) is 24.2 Å². The summed E-state index contributed by atoms with van der Waals surface area (Å²) in [6.07, 6.45) is 0.233. The molecule has 1 aromatic carbocycles. The third kappa shape index (κ3) is 4.55. The van der Waals surface area contributed by atoms with Gasteiger partial charge in [0.05, 0.1) is 25.2 Å². The quantitative estimate of drug-likeness (QED) is 0.738. The molecule has 0 saturated carbocycles. The zero-order valence-corrected chi connectivity index (χ0v) is 13.9. The smallest absolute Gasteiger partial charge is 0.337 e. The molecular weight excluding hydrogens is 312 g/mol. The molecule has 1 aromatic rings. The summed E-state index contributed by atoms with van der Waals surface area (Å²) in [5.74, 6) is -0.884. The van der Waals surface area contributed by atoms with Crippen LogP contribution in [-0.4, -0.2) is 56.6 Å². The summed E-state index contributed by atoms with van der Waals surface area (Å²) in [7, 11) is 2.91. The summed E-state index contributed by atoms with van der Waals surface area (Å²) >= 11 is 0. The summed E-state index contributed by atoms with van der Waals surface area (Å²) in [4.78, 5) is 37.1. The Morgan fingerprint density at radius 1 is 1.25 bits per heavy atom. The van der Waals surface area contributed by atoms with Crippen molar-refractivity contribution in [3.8, 4) is 0 Å². The number of benzene rings is 1. The molecule has 7 nitrogen and oxygen atoms in total. The highest BCUT2D eigenvalue weighted by molar-refractivity contribution is 5.90. The molecule has 24 heavy (non-hydrogen) atoms. The van der Waals surface area contributed by atoms with Crippen LogP contribution in [0.25, 0.3) is 0 Å². The molecule has 1 unspecified atom stereocenters. The molecule has 1 saturated heterocycles. The Labute approximate surface area is 140 Å². The summed E-state index contributed by atoms with van der Waals surface area (Å²) in [6, 6.07) is 6.83. The van der Waals surface area contributed by atoms with Crippen LogP contribution < -0.4 is 5.32 Å². The van der Waals surface area contributed by atoms with Crippen LogP contribution in [0, 0.1) is 5.92 Å².